The molecule has 1 aromatic heterocycles. The van der Waals surface area contributed by atoms with Crippen molar-refractivity contribution in [1.29, 1.82) is 5.41 Å². The molecule has 0 aliphatic rings. The summed E-state index contributed by atoms with van der Waals surface area (Å²) in [5.41, 5.74) is 0.700. The van der Waals surface area contributed by atoms with E-state index in [0.29, 0.717) is 11.1 Å². The van der Waals surface area contributed by atoms with E-state index in [1.54, 1.807) is 13.0 Å². The van der Waals surface area contributed by atoms with Crippen LogP contribution in [0.15, 0.2) is 36.5 Å². The van der Waals surface area contributed by atoms with Crippen LogP contribution < -0.4 is 5.32 Å². The second-order valence-electron chi connectivity index (χ2n) is 5.63. The monoisotopic (exact) mass is 368 g/mol. The molecule has 0 aliphatic heterocycles. The number of carbonyl (C=O) groups is 1. The van der Waals surface area contributed by atoms with E-state index in [2.05, 4.69) is 9.97 Å². The Morgan fingerprint density at radius 2 is 2.08 bits per heavy atom. The van der Waals surface area contributed by atoms with E-state index in [1.165, 1.54) is 24.3 Å². The number of aromatic nitrogens is 2. The Morgan fingerprint density at radius 3 is 2.69 bits per heavy atom. The van der Waals surface area contributed by atoms with Crippen molar-refractivity contribution in [1.82, 2.24) is 15.3 Å². The molecule has 1 unspecified atom stereocenters. The second-order valence-corrected chi connectivity index (χ2v) is 5.63. The summed E-state index contributed by atoms with van der Waals surface area (Å²) in [7, 11) is 0. The van der Waals surface area contributed by atoms with Crippen molar-refractivity contribution < 1.29 is 22.4 Å². The molecule has 0 bridgehead atoms. The largest absolute Gasteiger partial charge is 0.408 e. The van der Waals surface area contributed by atoms with Crippen LogP contribution in [-0.4, -0.2) is 33.8 Å². The minimum absolute atomic E-state index is 0.0232. The maximum atomic E-state index is 13.2. The minimum atomic E-state index is -4.55. The third-order valence-electron chi connectivity index (χ3n) is 3.53. The van der Waals surface area contributed by atoms with Gasteiger partial charge in [0, 0.05) is 5.56 Å². The molecule has 2 aromatic rings. The third kappa shape index (κ3) is 4.78. The van der Waals surface area contributed by atoms with Crippen LogP contribution in [0.5, 0.6) is 0 Å². The number of nitrogens with one attached hydrogen (secondary N) is 3. The SMILES string of the molecule is C/C(=C/C(=N)c1cccc(F)c1)c1ncc(C(=O)NC(C)C(F)(F)F)[nH]1. The molecule has 9 heteroatoms. The summed E-state index contributed by atoms with van der Waals surface area (Å²) in [5.74, 6) is -1.20. The summed E-state index contributed by atoms with van der Waals surface area (Å²) in [5, 5.41) is 9.79. The number of benzene rings is 1. The number of hydrogen-bond acceptors (Lipinski definition) is 3. The summed E-state index contributed by atoms with van der Waals surface area (Å²) in [6.45, 7) is 2.44. The van der Waals surface area contributed by atoms with Gasteiger partial charge < -0.3 is 15.7 Å². The highest BCUT2D eigenvalue weighted by Gasteiger charge is 2.37. The molecule has 0 spiro atoms. The Hall–Kier alpha value is -2.97. The smallest absolute Gasteiger partial charge is 0.339 e. The molecule has 1 aromatic carbocycles. The molecule has 26 heavy (non-hydrogen) atoms. The van der Waals surface area contributed by atoms with Gasteiger partial charge in [-0.15, -0.1) is 0 Å². The van der Waals surface area contributed by atoms with Gasteiger partial charge in [0.1, 0.15) is 23.4 Å². The molecule has 2 rings (SSSR count). The second kappa shape index (κ2) is 7.51. The van der Waals surface area contributed by atoms with Crippen LogP contribution in [0.4, 0.5) is 17.6 Å². The first-order chi connectivity index (χ1) is 12.1. The number of nitrogens with zero attached hydrogens (tertiary/aromatic N) is 1. The number of hydrogen-bond donors (Lipinski definition) is 3. The lowest BCUT2D eigenvalue weighted by Gasteiger charge is -2.16. The molecule has 0 saturated carbocycles. The number of imidazole rings is 1. The van der Waals surface area contributed by atoms with Crippen LogP contribution in [0, 0.1) is 11.2 Å². The van der Waals surface area contributed by atoms with E-state index in [9.17, 15) is 22.4 Å². The molecular formula is C17H16F4N4O. The van der Waals surface area contributed by atoms with Gasteiger partial charge in [0.05, 0.1) is 11.9 Å². The Labute approximate surface area is 146 Å². The van der Waals surface area contributed by atoms with Gasteiger partial charge in [-0.25, -0.2) is 9.37 Å². The highest BCUT2D eigenvalue weighted by Crippen LogP contribution is 2.20. The van der Waals surface area contributed by atoms with E-state index in [4.69, 9.17) is 5.41 Å². The molecule has 5 nitrogen and oxygen atoms in total. The van der Waals surface area contributed by atoms with E-state index in [1.807, 2.05) is 5.32 Å². The van der Waals surface area contributed by atoms with Crippen molar-refractivity contribution in [3.05, 3.63) is 59.4 Å². The number of aromatic amines is 1. The molecule has 1 atom stereocenters. The lowest BCUT2D eigenvalue weighted by Crippen LogP contribution is -2.43. The first kappa shape index (κ1) is 19.4. The number of alkyl halides is 3. The first-order valence-corrected chi connectivity index (χ1v) is 7.53. The first-order valence-electron chi connectivity index (χ1n) is 7.53. The lowest BCUT2D eigenvalue weighted by molar-refractivity contribution is -0.149. The van der Waals surface area contributed by atoms with Gasteiger partial charge in [-0.05, 0) is 37.6 Å². The predicted octanol–water partition coefficient (Wildman–Crippen LogP) is 3.70. The van der Waals surface area contributed by atoms with Crippen molar-refractivity contribution in [3.8, 4) is 0 Å². The fourth-order valence-corrected chi connectivity index (χ4v) is 2.02. The van der Waals surface area contributed by atoms with Crippen molar-refractivity contribution in [2.45, 2.75) is 26.1 Å². The van der Waals surface area contributed by atoms with Crippen LogP contribution in [0.1, 0.15) is 35.7 Å². The van der Waals surface area contributed by atoms with Gasteiger partial charge in [0.25, 0.3) is 5.91 Å². The van der Waals surface area contributed by atoms with Crippen molar-refractivity contribution in [3.63, 3.8) is 0 Å². The summed E-state index contributed by atoms with van der Waals surface area (Å²) in [6, 6.07) is 3.49. The van der Waals surface area contributed by atoms with Crippen molar-refractivity contribution >= 4 is 17.2 Å². The van der Waals surface area contributed by atoms with Crippen molar-refractivity contribution in [2.75, 3.05) is 0 Å². The van der Waals surface area contributed by atoms with Gasteiger partial charge in [-0.1, -0.05) is 12.1 Å². The highest BCUT2D eigenvalue weighted by atomic mass is 19.4. The molecule has 1 heterocycles. The van der Waals surface area contributed by atoms with Gasteiger partial charge in [-0.2, -0.15) is 13.2 Å². The average molecular weight is 368 g/mol. The molecule has 0 fully saturated rings. The summed E-state index contributed by atoms with van der Waals surface area (Å²) >= 11 is 0. The molecular weight excluding hydrogens is 352 g/mol. The lowest BCUT2D eigenvalue weighted by atomic mass is 10.1. The summed E-state index contributed by atoms with van der Waals surface area (Å²) in [6.07, 6.45) is -2.03. The van der Waals surface area contributed by atoms with E-state index >= 15 is 0 Å². The Bertz CT molecular complexity index is 854. The topological polar surface area (TPSA) is 81.6 Å². The number of allylic oxidation sites excluding steroid dienone is 2. The Kier molecular flexibility index (Phi) is 5.59. The summed E-state index contributed by atoms with van der Waals surface area (Å²) < 4.78 is 50.7. The van der Waals surface area contributed by atoms with E-state index in [0.717, 1.165) is 13.1 Å². The average Bonchev–Trinajstić information content (AvgIpc) is 3.04. The number of rotatable bonds is 5. The van der Waals surface area contributed by atoms with Crippen LogP contribution >= 0.6 is 0 Å². The Morgan fingerprint density at radius 1 is 1.38 bits per heavy atom. The molecule has 0 radical (unpaired) electrons. The fourth-order valence-electron chi connectivity index (χ4n) is 2.02. The van der Waals surface area contributed by atoms with Crippen molar-refractivity contribution in [2.24, 2.45) is 0 Å². The molecule has 3 N–H and O–H groups in total. The zero-order valence-electron chi connectivity index (χ0n) is 13.9. The molecule has 0 saturated heterocycles. The third-order valence-corrected chi connectivity index (χ3v) is 3.53. The number of amides is 1. The number of H-pyrrole nitrogens is 1. The predicted molar refractivity (Wildman–Crippen MR) is 88.5 cm³/mol. The molecule has 1 amide bonds. The molecule has 0 aliphatic carbocycles. The quantitative estimate of drug-likeness (QED) is 0.556. The zero-order valence-corrected chi connectivity index (χ0v) is 13.9. The maximum Gasteiger partial charge on any atom is 0.408 e. The Balaban J connectivity index is 2.13. The van der Waals surface area contributed by atoms with Crippen LogP contribution in [0.3, 0.4) is 0 Å². The maximum absolute atomic E-state index is 13.2. The van der Waals surface area contributed by atoms with Gasteiger partial charge in [0.15, 0.2) is 0 Å². The number of halogens is 4. The minimum Gasteiger partial charge on any atom is -0.339 e. The summed E-state index contributed by atoms with van der Waals surface area (Å²) in [4.78, 5) is 18.4. The fraction of sp³-hybridized carbons (Fsp3) is 0.235. The van der Waals surface area contributed by atoms with Gasteiger partial charge in [0.2, 0.25) is 0 Å². The van der Waals surface area contributed by atoms with Crippen LogP contribution in [-0.2, 0) is 0 Å². The van der Waals surface area contributed by atoms with E-state index in [-0.39, 0.29) is 17.2 Å². The van der Waals surface area contributed by atoms with Gasteiger partial charge >= 0.3 is 6.18 Å². The standard InChI is InChI=1S/C17H16F4N4O/c1-9(6-13(22)11-4-3-5-12(18)7-11)15-23-8-14(25-15)16(26)24-10(2)17(19,20)21/h3-8,10,22H,1-2H3,(H,23,25)(H,24,26)/b9-6-,22-13?. The molecule has 138 valence electrons. The highest BCUT2D eigenvalue weighted by molar-refractivity contribution is 6.09. The van der Waals surface area contributed by atoms with Crippen LogP contribution in [0.2, 0.25) is 0 Å². The number of carbonyl (C=O) groups excluding carboxylic acids is 1. The zero-order chi connectivity index (χ0) is 19.5. The van der Waals surface area contributed by atoms with Gasteiger partial charge in [-0.3, -0.25) is 4.79 Å². The van der Waals surface area contributed by atoms with Crippen LogP contribution in [0.25, 0.3) is 5.57 Å². The normalized spacial score (nSPS) is 13.4. The van der Waals surface area contributed by atoms with E-state index < -0.39 is 23.9 Å².